The van der Waals surface area contributed by atoms with Crippen LogP contribution in [0.3, 0.4) is 0 Å². The third-order valence-corrected chi connectivity index (χ3v) is 5.74. The van der Waals surface area contributed by atoms with E-state index in [1.807, 2.05) is 34.2 Å². The number of hydrogen-bond donors (Lipinski definition) is 1. The molecule has 8 heteroatoms. The first-order valence-corrected chi connectivity index (χ1v) is 9.54. The van der Waals surface area contributed by atoms with Crippen molar-refractivity contribution < 1.29 is 14.3 Å². The Hall–Kier alpha value is -2.58. The van der Waals surface area contributed by atoms with Gasteiger partial charge in [0.15, 0.2) is 16.5 Å². The van der Waals surface area contributed by atoms with Gasteiger partial charge >= 0.3 is 0 Å². The molecule has 4 aromatic rings. The van der Waals surface area contributed by atoms with Crippen LogP contribution < -0.4 is 14.8 Å². The molecule has 3 aromatic heterocycles. The van der Waals surface area contributed by atoms with Crippen LogP contribution in [0.25, 0.3) is 15.3 Å². The normalized spacial score (nSPS) is 13.9. The van der Waals surface area contributed by atoms with E-state index in [-0.39, 0.29) is 5.91 Å². The van der Waals surface area contributed by atoms with E-state index in [9.17, 15) is 4.79 Å². The first-order valence-electron chi connectivity index (χ1n) is 7.84. The lowest BCUT2D eigenvalue weighted by atomic mass is 10.2. The van der Waals surface area contributed by atoms with Crippen molar-refractivity contribution in [2.45, 2.75) is 6.42 Å². The van der Waals surface area contributed by atoms with Crippen LogP contribution in [0.15, 0.2) is 35.8 Å². The number of thiazole rings is 1. The minimum Gasteiger partial charge on any atom is -0.490 e. The lowest BCUT2D eigenvalue weighted by molar-refractivity contribution is 0.103. The SMILES string of the molecule is O=C(Nc1ccc2c(c1)OCCCO2)c1cc2c(nc3sccn32)s1. The number of ether oxygens (including phenoxy) is 2. The van der Waals surface area contributed by atoms with E-state index in [0.717, 1.165) is 21.7 Å². The molecule has 0 bridgehead atoms. The first kappa shape index (κ1) is 14.7. The molecular formula is C17H13N3O3S2. The maximum atomic E-state index is 12.6. The van der Waals surface area contributed by atoms with E-state index < -0.39 is 0 Å². The smallest absolute Gasteiger partial charge is 0.265 e. The molecule has 1 aromatic carbocycles. The molecule has 5 rings (SSSR count). The molecule has 0 atom stereocenters. The summed E-state index contributed by atoms with van der Waals surface area (Å²) in [4.78, 5) is 19.6. The number of hydrogen-bond acceptors (Lipinski definition) is 6. The van der Waals surface area contributed by atoms with Gasteiger partial charge in [0.25, 0.3) is 5.91 Å². The zero-order chi connectivity index (χ0) is 16.8. The van der Waals surface area contributed by atoms with Gasteiger partial charge < -0.3 is 14.8 Å². The lowest BCUT2D eigenvalue weighted by Crippen LogP contribution is -2.10. The molecule has 25 heavy (non-hydrogen) atoms. The highest BCUT2D eigenvalue weighted by Gasteiger charge is 2.16. The predicted octanol–water partition coefficient (Wildman–Crippen LogP) is 4.02. The number of imidazole rings is 1. The van der Waals surface area contributed by atoms with Gasteiger partial charge in [-0.3, -0.25) is 9.20 Å². The van der Waals surface area contributed by atoms with E-state index in [4.69, 9.17) is 9.47 Å². The van der Waals surface area contributed by atoms with E-state index in [0.29, 0.717) is 35.3 Å². The standard InChI is InChI=1S/C17H13N3O3S2/c21-15(14-9-11-16(25-14)19-17-20(11)4-7-24-17)18-10-2-3-12-13(8-10)23-6-1-5-22-12/h2-4,7-9H,1,5-6H2,(H,18,21). The first-order chi connectivity index (χ1) is 12.3. The fraction of sp³-hybridized carbons (Fsp3) is 0.176. The number of thiophene rings is 1. The fourth-order valence-electron chi connectivity index (χ4n) is 2.79. The topological polar surface area (TPSA) is 64.9 Å². The molecule has 1 amide bonds. The van der Waals surface area contributed by atoms with Crippen molar-refractivity contribution in [1.29, 1.82) is 0 Å². The van der Waals surface area contributed by atoms with Crippen LogP contribution in [0, 0.1) is 0 Å². The second kappa shape index (κ2) is 5.75. The van der Waals surface area contributed by atoms with Gasteiger partial charge in [-0.25, -0.2) is 4.98 Å². The molecule has 0 aliphatic carbocycles. The Balaban J connectivity index is 1.42. The summed E-state index contributed by atoms with van der Waals surface area (Å²) < 4.78 is 13.3. The van der Waals surface area contributed by atoms with Gasteiger partial charge in [0, 0.05) is 29.8 Å². The van der Waals surface area contributed by atoms with Gasteiger partial charge in [-0.1, -0.05) is 0 Å². The minimum absolute atomic E-state index is 0.151. The van der Waals surface area contributed by atoms with Crippen molar-refractivity contribution in [3.8, 4) is 11.5 Å². The van der Waals surface area contributed by atoms with Crippen LogP contribution >= 0.6 is 22.7 Å². The fourth-order valence-corrected chi connectivity index (χ4v) is 4.49. The number of nitrogens with zero attached hydrogens (tertiary/aromatic N) is 2. The number of fused-ring (bicyclic) bond motifs is 4. The summed E-state index contributed by atoms with van der Waals surface area (Å²) >= 11 is 2.98. The molecule has 6 nitrogen and oxygen atoms in total. The van der Waals surface area contributed by atoms with E-state index in [1.165, 1.54) is 11.3 Å². The van der Waals surface area contributed by atoms with Crippen LogP contribution in [-0.2, 0) is 0 Å². The summed E-state index contributed by atoms with van der Waals surface area (Å²) in [6.07, 6.45) is 2.82. The number of nitrogens with one attached hydrogen (secondary N) is 1. The molecule has 0 saturated carbocycles. The van der Waals surface area contributed by atoms with E-state index in [1.54, 1.807) is 17.4 Å². The largest absolute Gasteiger partial charge is 0.490 e. The number of amides is 1. The Morgan fingerprint density at radius 3 is 3.00 bits per heavy atom. The van der Waals surface area contributed by atoms with Crippen molar-refractivity contribution in [2.24, 2.45) is 0 Å². The van der Waals surface area contributed by atoms with Gasteiger partial charge in [0.05, 0.1) is 23.6 Å². The maximum Gasteiger partial charge on any atom is 0.265 e. The van der Waals surface area contributed by atoms with Gasteiger partial charge in [0.2, 0.25) is 0 Å². The number of rotatable bonds is 2. The van der Waals surface area contributed by atoms with Gasteiger partial charge in [-0.05, 0) is 18.2 Å². The average Bonchev–Trinajstić information content (AvgIpc) is 3.23. The Morgan fingerprint density at radius 2 is 2.08 bits per heavy atom. The Morgan fingerprint density at radius 1 is 1.20 bits per heavy atom. The number of carbonyl (C=O) groups is 1. The van der Waals surface area contributed by atoms with Crippen LogP contribution in [0.2, 0.25) is 0 Å². The van der Waals surface area contributed by atoms with Gasteiger partial charge in [-0.15, -0.1) is 22.7 Å². The van der Waals surface area contributed by atoms with Gasteiger partial charge in [-0.2, -0.15) is 0 Å². The van der Waals surface area contributed by atoms with Crippen molar-refractivity contribution in [2.75, 3.05) is 18.5 Å². The number of carbonyl (C=O) groups excluding carboxylic acids is 1. The second-order valence-corrected chi connectivity index (χ2v) is 7.54. The highest BCUT2D eigenvalue weighted by Crippen LogP contribution is 2.33. The molecule has 1 aliphatic rings. The van der Waals surface area contributed by atoms with Crippen molar-refractivity contribution >= 4 is 49.6 Å². The average molecular weight is 371 g/mol. The third-order valence-electron chi connectivity index (χ3n) is 3.97. The predicted molar refractivity (Wildman–Crippen MR) is 98.5 cm³/mol. The van der Waals surface area contributed by atoms with Crippen molar-refractivity contribution in [3.05, 3.63) is 40.7 Å². The highest BCUT2D eigenvalue weighted by atomic mass is 32.1. The summed E-state index contributed by atoms with van der Waals surface area (Å²) in [7, 11) is 0. The molecule has 126 valence electrons. The monoisotopic (exact) mass is 371 g/mol. The number of aromatic nitrogens is 2. The third kappa shape index (κ3) is 2.54. The maximum absolute atomic E-state index is 12.6. The summed E-state index contributed by atoms with van der Waals surface area (Å²) in [6, 6.07) is 7.33. The Labute approximate surface area is 150 Å². The summed E-state index contributed by atoms with van der Waals surface area (Å²) in [6.45, 7) is 1.26. The van der Waals surface area contributed by atoms with E-state index >= 15 is 0 Å². The van der Waals surface area contributed by atoms with Crippen molar-refractivity contribution in [3.63, 3.8) is 0 Å². The summed E-state index contributed by atoms with van der Waals surface area (Å²) in [5.74, 6) is 1.23. The Kier molecular flexibility index (Phi) is 3.39. The number of anilines is 1. The summed E-state index contributed by atoms with van der Waals surface area (Å²) in [5, 5.41) is 4.91. The van der Waals surface area contributed by atoms with Gasteiger partial charge in [0.1, 0.15) is 4.83 Å². The zero-order valence-corrected chi connectivity index (χ0v) is 14.7. The lowest BCUT2D eigenvalue weighted by Gasteiger charge is -2.09. The number of benzene rings is 1. The highest BCUT2D eigenvalue weighted by molar-refractivity contribution is 7.21. The van der Waals surface area contributed by atoms with E-state index in [2.05, 4.69) is 10.3 Å². The molecule has 0 radical (unpaired) electrons. The Bertz CT molecular complexity index is 1100. The molecule has 4 heterocycles. The molecule has 0 saturated heterocycles. The van der Waals surface area contributed by atoms with Crippen molar-refractivity contribution in [1.82, 2.24) is 9.38 Å². The second-order valence-electron chi connectivity index (χ2n) is 5.63. The van der Waals surface area contributed by atoms with Crippen LogP contribution in [-0.4, -0.2) is 28.5 Å². The molecular weight excluding hydrogens is 358 g/mol. The molecule has 0 spiro atoms. The molecule has 1 N–H and O–H groups in total. The van der Waals surface area contributed by atoms with Crippen LogP contribution in [0.4, 0.5) is 5.69 Å². The molecule has 0 unspecified atom stereocenters. The minimum atomic E-state index is -0.151. The molecule has 1 aliphatic heterocycles. The summed E-state index contributed by atoms with van der Waals surface area (Å²) in [5.41, 5.74) is 1.65. The van der Waals surface area contributed by atoms with Crippen LogP contribution in [0.5, 0.6) is 11.5 Å². The quantitative estimate of drug-likeness (QED) is 0.578. The van der Waals surface area contributed by atoms with Crippen LogP contribution in [0.1, 0.15) is 16.1 Å². The molecule has 0 fully saturated rings. The zero-order valence-electron chi connectivity index (χ0n) is 13.0.